The molecule has 2 heterocycles. The summed E-state index contributed by atoms with van der Waals surface area (Å²) in [4.78, 5) is 8.88. The first-order valence-corrected chi connectivity index (χ1v) is 5.35. The van der Waals surface area contributed by atoms with Crippen molar-refractivity contribution in [1.82, 2.24) is 9.97 Å². The maximum atomic E-state index is 5.11. The predicted octanol–water partition coefficient (Wildman–Crippen LogP) is 1.72. The Kier molecular flexibility index (Phi) is 2.86. The van der Waals surface area contributed by atoms with Crippen LogP contribution < -0.4 is 5.32 Å². The minimum Gasteiger partial charge on any atom is -0.377 e. The third kappa shape index (κ3) is 2.45. The molecule has 4 heteroatoms. The zero-order valence-corrected chi connectivity index (χ0v) is 9.45. The van der Waals surface area contributed by atoms with Gasteiger partial charge in [-0.15, -0.1) is 0 Å². The molecule has 0 bridgehead atoms. The number of anilines is 1. The summed E-state index contributed by atoms with van der Waals surface area (Å²) in [6, 6.07) is 2.39. The Morgan fingerprint density at radius 3 is 2.67 bits per heavy atom. The van der Waals surface area contributed by atoms with Crippen molar-refractivity contribution in [2.24, 2.45) is 0 Å². The van der Waals surface area contributed by atoms with Crippen LogP contribution in [0, 0.1) is 6.92 Å². The average Bonchev–Trinajstić information content (AvgIpc) is 2.10. The third-order valence-electron chi connectivity index (χ3n) is 2.38. The lowest BCUT2D eigenvalue weighted by atomic mass is 10.2. The highest BCUT2D eigenvalue weighted by Crippen LogP contribution is 2.15. The molecule has 0 atom stereocenters. The molecular weight excluding hydrogens is 190 g/mol. The maximum absolute atomic E-state index is 5.11. The van der Waals surface area contributed by atoms with Crippen molar-refractivity contribution >= 4 is 5.82 Å². The van der Waals surface area contributed by atoms with Crippen LogP contribution in [0.2, 0.25) is 0 Å². The Labute approximate surface area is 90.1 Å². The van der Waals surface area contributed by atoms with Gasteiger partial charge in [-0.05, 0) is 6.92 Å². The van der Waals surface area contributed by atoms with Crippen LogP contribution in [0.25, 0.3) is 0 Å². The molecule has 1 fully saturated rings. The standard InChI is InChI=1S/C11H17N3O/c1-7(2)11-12-8(3)4-10(14-11)13-9-5-15-6-9/h4,7,9H,5-6H2,1-3H3,(H,12,13,14). The van der Waals surface area contributed by atoms with E-state index in [1.165, 1.54) is 0 Å². The summed E-state index contributed by atoms with van der Waals surface area (Å²) in [5.74, 6) is 2.18. The highest BCUT2D eigenvalue weighted by Gasteiger charge is 2.18. The van der Waals surface area contributed by atoms with E-state index in [2.05, 4.69) is 29.1 Å². The van der Waals surface area contributed by atoms with Gasteiger partial charge in [0, 0.05) is 17.7 Å². The lowest BCUT2D eigenvalue weighted by Crippen LogP contribution is -2.40. The Morgan fingerprint density at radius 1 is 1.40 bits per heavy atom. The van der Waals surface area contributed by atoms with Crippen molar-refractivity contribution in [3.63, 3.8) is 0 Å². The van der Waals surface area contributed by atoms with Crippen molar-refractivity contribution in [3.8, 4) is 0 Å². The largest absolute Gasteiger partial charge is 0.377 e. The van der Waals surface area contributed by atoms with Crippen molar-refractivity contribution in [3.05, 3.63) is 17.6 Å². The van der Waals surface area contributed by atoms with Crippen LogP contribution in [-0.2, 0) is 4.74 Å². The highest BCUT2D eigenvalue weighted by atomic mass is 16.5. The van der Waals surface area contributed by atoms with Crippen LogP contribution in [0.1, 0.15) is 31.3 Å². The van der Waals surface area contributed by atoms with Crippen molar-refractivity contribution < 1.29 is 4.74 Å². The molecule has 0 amide bonds. The van der Waals surface area contributed by atoms with Crippen LogP contribution in [0.3, 0.4) is 0 Å². The number of ether oxygens (including phenoxy) is 1. The molecule has 0 saturated carbocycles. The molecular formula is C11H17N3O. The average molecular weight is 207 g/mol. The lowest BCUT2D eigenvalue weighted by molar-refractivity contribution is 0.0209. The summed E-state index contributed by atoms with van der Waals surface area (Å²) >= 11 is 0. The monoisotopic (exact) mass is 207 g/mol. The number of aromatic nitrogens is 2. The summed E-state index contributed by atoms with van der Waals surface area (Å²) in [6.07, 6.45) is 0. The molecule has 0 unspecified atom stereocenters. The second kappa shape index (κ2) is 4.14. The highest BCUT2D eigenvalue weighted by molar-refractivity contribution is 5.37. The van der Waals surface area contributed by atoms with Crippen LogP contribution >= 0.6 is 0 Å². The van der Waals surface area contributed by atoms with Gasteiger partial charge in [-0.3, -0.25) is 0 Å². The van der Waals surface area contributed by atoms with Crippen LogP contribution in [0.15, 0.2) is 6.07 Å². The molecule has 1 aliphatic heterocycles. The molecule has 0 aromatic carbocycles. The van der Waals surface area contributed by atoms with Crippen LogP contribution in [0.4, 0.5) is 5.82 Å². The minimum atomic E-state index is 0.364. The van der Waals surface area contributed by atoms with E-state index in [4.69, 9.17) is 4.74 Å². The van der Waals surface area contributed by atoms with Crippen LogP contribution in [-0.4, -0.2) is 29.2 Å². The Hall–Kier alpha value is -1.16. The van der Waals surface area contributed by atoms with E-state index in [1.54, 1.807) is 0 Å². The number of rotatable bonds is 3. The number of nitrogens with one attached hydrogen (secondary N) is 1. The topological polar surface area (TPSA) is 47.0 Å². The molecule has 1 aromatic heterocycles. The van der Waals surface area contributed by atoms with E-state index in [0.717, 1.165) is 30.5 Å². The molecule has 1 N–H and O–H groups in total. The van der Waals surface area contributed by atoms with Gasteiger partial charge in [-0.1, -0.05) is 13.8 Å². The maximum Gasteiger partial charge on any atom is 0.133 e. The first-order valence-electron chi connectivity index (χ1n) is 5.35. The van der Waals surface area contributed by atoms with E-state index in [1.807, 2.05) is 13.0 Å². The lowest BCUT2D eigenvalue weighted by Gasteiger charge is -2.27. The minimum absolute atomic E-state index is 0.364. The number of aryl methyl sites for hydroxylation is 1. The summed E-state index contributed by atoms with van der Waals surface area (Å²) in [7, 11) is 0. The summed E-state index contributed by atoms with van der Waals surface area (Å²) in [5.41, 5.74) is 1.01. The number of hydrogen-bond acceptors (Lipinski definition) is 4. The van der Waals surface area contributed by atoms with Gasteiger partial charge in [0.25, 0.3) is 0 Å². The Morgan fingerprint density at radius 2 is 2.13 bits per heavy atom. The van der Waals surface area contributed by atoms with Crippen molar-refractivity contribution in [2.75, 3.05) is 18.5 Å². The zero-order valence-electron chi connectivity index (χ0n) is 9.45. The van der Waals surface area contributed by atoms with Crippen LogP contribution in [0.5, 0.6) is 0 Å². The molecule has 1 aromatic rings. The third-order valence-corrected chi connectivity index (χ3v) is 2.38. The first kappa shape index (κ1) is 10.4. The normalized spacial score (nSPS) is 16.5. The van der Waals surface area contributed by atoms with E-state index >= 15 is 0 Å². The molecule has 82 valence electrons. The van der Waals surface area contributed by atoms with Crippen molar-refractivity contribution in [2.45, 2.75) is 32.7 Å². The fourth-order valence-corrected chi connectivity index (χ4v) is 1.45. The molecule has 0 spiro atoms. The summed E-state index contributed by atoms with van der Waals surface area (Å²) < 4.78 is 5.11. The zero-order chi connectivity index (χ0) is 10.8. The number of nitrogens with zero attached hydrogens (tertiary/aromatic N) is 2. The molecule has 0 aliphatic carbocycles. The molecule has 2 rings (SSSR count). The molecule has 15 heavy (non-hydrogen) atoms. The Bertz CT molecular complexity index is 348. The van der Waals surface area contributed by atoms with Gasteiger partial charge in [0.05, 0.1) is 19.3 Å². The SMILES string of the molecule is Cc1cc(NC2COC2)nc(C(C)C)n1. The molecule has 1 aliphatic rings. The van der Waals surface area contributed by atoms with Gasteiger partial charge in [-0.25, -0.2) is 9.97 Å². The quantitative estimate of drug-likeness (QED) is 0.819. The van der Waals surface area contributed by atoms with Gasteiger partial charge < -0.3 is 10.1 Å². The number of hydrogen-bond donors (Lipinski definition) is 1. The van der Waals surface area contributed by atoms with Gasteiger partial charge in [0.15, 0.2) is 0 Å². The molecule has 1 saturated heterocycles. The smallest absolute Gasteiger partial charge is 0.133 e. The van der Waals surface area contributed by atoms with Gasteiger partial charge in [0.2, 0.25) is 0 Å². The Balaban J connectivity index is 2.15. The first-order chi connectivity index (χ1) is 7.15. The van der Waals surface area contributed by atoms with Gasteiger partial charge >= 0.3 is 0 Å². The van der Waals surface area contributed by atoms with E-state index in [0.29, 0.717) is 12.0 Å². The van der Waals surface area contributed by atoms with Gasteiger partial charge in [0.1, 0.15) is 11.6 Å². The fraction of sp³-hybridized carbons (Fsp3) is 0.636. The van der Waals surface area contributed by atoms with Crippen molar-refractivity contribution in [1.29, 1.82) is 0 Å². The van der Waals surface area contributed by atoms with Gasteiger partial charge in [-0.2, -0.15) is 0 Å². The summed E-state index contributed by atoms with van der Waals surface area (Å²) in [5, 5.41) is 3.34. The molecule has 4 nitrogen and oxygen atoms in total. The second-order valence-electron chi connectivity index (χ2n) is 4.29. The predicted molar refractivity (Wildman–Crippen MR) is 59.1 cm³/mol. The van der Waals surface area contributed by atoms with E-state index < -0.39 is 0 Å². The van der Waals surface area contributed by atoms with E-state index in [-0.39, 0.29) is 0 Å². The molecule has 0 radical (unpaired) electrons. The second-order valence-corrected chi connectivity index (χ2v) is 4.29. The fourth-order valence-electron chi connectivity index (χ4n) is 1.45. The summed E-state index contributed by atoms with van der Waals surface area (Å²) in [6.45, 7) is 7.76. The van der Waals surface area contributed by atoms with E-state index in [9.17, 15) is 0 Å².